The van der Waals surface area contributed by atoms with Gasteiger partial charge >= 0.3 is 12.2 Å². The van der Waals surface area contributed by atoms with Crippen LogP contribution in [0.4, 0.5) is 40.7 Å². The van der Waals surface area contributed by atoms with Crippen LogP contribution in [0, 0.1) is 20.2 Å². The van der Waals surface area contributed by atoms with Gasteiger partial charge in [0.1, 0.15) is 5.56 Å². The lowest BCUT2D eigenvalue weighted by Gasteiger charge is -2.11. The second kappa shape index (κ2) is 7.04. The van der Waals surface area contributed by atoms with E-state index in [0.29, 0.717) is 12.1 Å². The first kappa shape index (κ1) is 18.6. The van der Waals surface area contributed by atoms with Gasteiger partial charge in [-0.2, -0.15) is 13.2 Å². The normalized spacial score (nSPS) is 10.9. The third kappa shape index (κ3) is 4.43. The maximum Gasteiger partial charge on any atom is 0.423 e. The molecule has 0 heterocycles. The molecule has 2 rings (SSSR count). The Balaban J connectivity index is 2.16. The molecule has 0 spiro atoms. The number of nitrogens with zero attached hydrogens (tertiary/aromatic N) is 2. The van der Waals surface area contributed by atoms with E-state index in [-0.39, 0.29) is 17.1 Å². The highest BCUT2D eigenvalue weighted by Gasteiger charge is 2.38. The zero-order valence-electron chi connectivity index (χ0n) is 12.6. The van der Waals surface area contributed by atoms with E-state index in [4.69, 9.17) is 0 Å². The van der Waals surface area contributed by atoms with Crippen molar-refractivity contribution >= 4 is 28.8 Å². The monoisotopic (exact) mass is 370 g/mol. The first-order valence-corrected chi connectivity index (χ1v) is 6.76. The zero-order chi connectivity index (χ0) is 19.5. The van der Waals surface area contributed by atoms with Crippen LogP contribution < -0.4 is 10.6 Å². The van der Waals surface area contributed by atoms with E-state index in [1.54, 1.807) is 0 Å². The number of nitrogens with one attached hydrogen (secondary N) is 2. The molecular weight excluding hydrogens is 361 g/mol. The maximum absolute atomic E-state index is 12.9. The predicted molar refractivity (Wildman–Crippen MR) is 83.8 cm³/mol. The summed E-state index contributed by atoms with van der Waals surface area (Å²) >= 11 is 0. The summed E-state index contributed by atoms with van der Waals surface area (Å²) in [4.78, 5) is 31.2. The summed E-state index contributed by atoms with van der Waals surface area (Å²) in [5.74, 6) is 0. The summed E-state index contributed by atoms with van der Waals surface area (Å²) < 4.78 is 38.7. The lowest BCUT2D eigenvalue weighted by molar-refractivity contribution is -0.388. The SMILES string of the molecule is O=C(Nc1ccc([N+](=O)[O-])cc1)Nc1ccc([N+](=O)[O-])c(C(F)(F)F)c1. The minimum Gasteiger partial charge on any atom is -0.308 e. The van der Waals surface area contributed by atoms with Crippen molar-refractivity contribution in [3.8, 4) is 0 Å². The van der Waals surface area contributed by atoms with Crippen LogP contribution in [-0.2, 0) is 6.18 Å². The van der Waals surface area contributed by atoms with Crippen molar-refractivity contribution in [1.29, 1.82) is 0 Å². The topological polar surface area (TPSA) is 127 Å². The number of amides is 2. The number of urea groups is 1. The molecule has 0 aromatic heterocycles. The Kier molecular flexibility index (Phi) is 5.05. The van der Waals surface area contributed by atoms with Gasteiger partial charge in [0.25, 0.3) is 11.4 Å². The smallest absolute Gasteiger partial charge is 0.308 e. The maximum atomic E-state index is 12.9. The molecule has 9 nitrogen and oxygen atoms in total. The van der Waals surface area contributed by atoms with E-state index in [1.807, 2.05) is 0 Å². The van der Waals surface area contributed by atoms with E-state index in [0.717, 1.165) is 18.2 Å². The molecule has 2 N–H and O–H groups in total. The number of non-ortho nitro benzene ring substituents is 1. The van der Waals surface area contributed by atoms with E-state index in [9.17, 15) is 38.2 Å². The van der Waals surface area contributed by atoms with Crippen molar-refractivity contribution in [2.45, 2.75) is 6.18 Å². The Morgan fingerprint density at radius 1 is 0.885 bits per heavy atom. The van der Waals surface area contributed by atoms with Gasteiger partial charge < -0.3 is 10.6 Å². The van der Waals surface area contributed by atoms with Gasteiger partial charge in [-0.25, -0.2) is 4.79 Å². The Bertz CT molecular complexity index is 868. The van der Waals surface area contributed by atoms with Crippen molar-refractivity contribution in [2.24, 2.45) is 0 Å². The molecule has 0 radical (unpaired) electrons. The molecule has 0 bridgehead atoms. The van der Waals surface area contributed by atoms with E-state index in [1.165, 1.54) is 12.1 Å². The molecule has 0 aliphatic rings. The van der Waals surface area contributed by atoms with Gasteiger partial charge in [-0.15, -0.1) is 0 Å². The van der Waals surface area contributed by atoms with Crippen LogP contribution in [-0.4, -0.2) is 15.9 Å². The third-order valence-corrected chi connectivity index (χ3v) is 3.09. The molecule has 0 fully saturated rings. The number of carbonyl (C=O) groups is 1. The fourth-order valence-corrected chi connectivity index (χ4v) is 1.96. The molecule has 2 aromatic rings. The van der Waals surface area contributed by atoms with Crippen molar-refractivity contribution in [3.63, 3.8) is 0 Å². The van der Waals surface area contributed by atoms with Gasteiger partial charge in [0, 0.05) is 29.6 Å². The number of hydrogen-bond acceptors (Lipinski definition) is 5. The number of alkyl halides is 3. The van der Waals surface area contributed by atoms with Gasteiger partial charge in [0.2, 0.25) is 0 Å². The average molecular weight is 370 g/mol. The van der Waals surface area contributed by atoms with Crippen LogP contribution in [0.25, 0.3) is 0 Å². The lowest BCUT2D eigenvalue weighted by Crippen LogP contribution is -2.20. The Labute approximate surface area is 142 Å². The molecule has 0 aliphatic heterocycles. The molecule has 26 heavy (non-hydrogen) atoms. The summed E-state index contributed by atoms with van der Waals surface area (Å²) in [7, 11) is 0. The summed E-state index contributed by atoms with van der Waals surface area (Å²) in [6.07, 6.45) is -4.98. The number of halogens is 3. The van der Waals surface area contributed by atoms with Crippen LogP contribution in [0.15, 0.2) is 42.5 Å². The predicted octanol–water partition coefficient (Wildman–Crippen LogP) is 4.17. The minimum absolute atomic E-state index is 0.158. The molecule has 0 aliphatic carbocycles. The van der Waals surface area contributed by atoms with Crippen molar-refractivity contribution in [2.75, 3.05) is 10.6 Å². The average Bonchev–Trinajstić information content (AvgIpc) is 2.54. The minimum atomic E-state index is -4.98. The summed E-state index contributed by atoms with van der Waals surface area (Å²) in [6, 6.07) is 5.80. The highest BCUT2D eigenvalue weighted by atomic mass is 19.4. The van der Waals surface area contributed by atoms with Crippen LogP contribution >= 0.6 is 0 Å². The number of benzene rings is 2. The number of anilines is 2. The van der Waals surface area contributed by atoms with Crippen molar-refractivity contribution < 1.29 is 27.8 Å². The van der Waals surface area contributed by atoms with Gasteiger partial charge in [-0.3, -0.25) is 20.2 Å². The summed E-state index contributed by atoms with van der Waals surface area (Å²) in [6.45, 7) is 0. The summed E-state index contributed by atoms with van der Waals surface area (Å²) in [5.41, 5.74) is -3.01. The standard InChI is InChI=1S/C14H9F3N4O5/c15-14(16,17)11-7-9(3-6-12(11)21(25)26)19-13(22)18-8-1-4-10(5-2-8)20(23)24/h1-7H,(H2,18,19,22). The lowest BCUT2D eigenvalue weighted by atomic mass is 10.1. The fraction of sp³-hybridized carbons (Fsp3) is 0.0714. The van der Waals surface area contributed by atoms with E-state index in [2.05, 4.69) is 10.6 Å². The summed E-state index contributed by atoms with van der Waals surface area (Å²) in [5, 5.41) is 25.6. The number of nitro benzene ring substituents is 2. The fourth-order valence-electron chi connectivity index (χ4n) is 1.96. The molecule has 12 heteroatoms. The molecule has 2 aromatic carbocycles. The third-order valence-electron chi connectivity index (χ3n) is 3.09. The van der Waals surface area contributed by atoms with Gasteiger partial charge in [0.15, 0.2) is 0 Å². The Hall–Kier alpha value is -3.70. The number of nitro groups is 2. The second-order valence-electron chi connectivity index (χ2n) is 4.87. The van der Waals surface area contributed by atoms with Crippen LogP contribution in [0.3, 0.4) is 0 Å². The van der Waals surface area contributed by atoms with Crippen LogP contribution in [0.1, 0.15) is 5.56 Å². The van der Waals surface area contributed by atoms with Crippen molar-refractivity contribution in [3.05, 3.63) is 68.3 Å². The first-order chi connectivity index (χ1) is 12.1. The Morgan fingerprint density at radius 2 is 1.42 bits per heavy atom. The van der Waals surface area contributed by atoms with Crippen molar-refractivity contribution in [1.82, 2.24) is 0 Å². The molecular formula is C14H9F3N4O5. The largest absolute Gasteiger partial charge is 0.423 e. The molecule has 0 saturated heterocycles. The number of carbonyl (C=O) groups excluding carboxylic acids is 1. The second-order valence-corrected chi connectivity index (χ2v) is 4.87. The van der Waals surface area contributed by atoms with Gasteiger partial charge in [-0.05, 0) is 24.3 Å². The highest BCUT2D eigenvalue weighted by Crippen LogP contribution is 2.37. The molecule has 0 unspecified atom stereocenters. The van der Waals surface area contributed by atoms with Crippen LogP contribution in [0.2, 0.25) is 0 Å². The van der Waals surface area contributed by atoms with Gasteiger partial charge in [0.05, 0.1) is 9.85 Å². The zero-order valence-corrected chi connectivity index (χ0v) is 12.6. The highest BCUT2D eigenvalue weighted by molar-refractivity contribution is 5.99. The molecule has 0 atom stereocenters. The van der Waals surface area contributed by atoms with E-state index >= 15 is 0 Å². The molecule has 2 amide bonds. The number of hydrogen-bond donors (Lipinski definition) is 2. The quantitative estimate of drug-likeness (QED) is 0.617. The molecule has 0 saturated carbocycles. The van der Waals surface area contributed by atoms with Gasteiger partial charge in [-0.1, -0.05) is 0 Å². The number of rotatable bonds is 4. The van der Waals surface area contributed by atoms with Crippen LogP contribution in [0.5, 0.6) is 0 Å². The molecule has 136 valence electrons. The first-order valence-electron chi connectivity index (χ1n) is 6.76. The Morgan fingerprint density at radius 3 is 1.92 bits per heavy atom. The van der Waals surface area contributed by atoms with E-state index < -0.39 is 33.3 Å².